The lowest BCUT2D eigenvalue weighted by molar-refractivity contribution is 0.0979. The summed E-state index contributed by atoms with van der Waals surface area (Å²) in [5.74, 6) is 0.824. The average Bonchev–Trinajstić information content (AvgIpc) is 2.16. The summed E-state index contributed by atoms with van der Waals surface area (Å²) in [7, 11) is 0. The van der Waals surface area contributed by atoms with Crippen molar-refractivity contribution in [3.8, 4) is 5.75 Å². The van der Waals surface area contributed by atoms with E-state index >= 15 is 0 Å². The number of rotatable bonds is 1. The molecule has 0 radical (unpaired) electrons. The van der Waals surface area contributed by atoms with Crippen LogP contribution >= 0.6 is 0 Å². The number of nitrogen functional groups attached to an aromatic ring is 1. The molecule has 0 amide bonds. The van der Waals surface area contributed by atoms with Crippen LogP contribution in [0.25, 0.3) is 0 Å². The molecule has 70 valence electrons. The highest BCUT2D eigenvalue weighted by Crippen LogP contribution is 2.29. The molecule has 3 heteroatoms. The Morgan fingerprint density at radius 2 is 2.38 bits per heavy atom. The fourth-order valence-electron chi connectivity index (χ4n) is 1.57. The minimum Gasteiger partial charge on any atom is -0.488 e. The van der Waals surface area contributed by atoms with Crippen LogP contribution in [0.2, 0.25) is 0 Å². The maximum atomic E-state index is 8.93. The van der Waals surface area contributed by atoms with Crippen LogP contribution < -0.4 is 10.5 Å². The predicted octanol–water partition coefficient (Wildman–Crippen LogP) is 0.955. The molecule has 0 bridgehead atoms. The van der Waals surface area contributed by atoms with Gasteiger partial charge in [-0.05, 0) is 24.5 Å². The number of aryl methyl sites for hydroxylation is 1. The molecule has 0 aliphatic carbocycles. The number of hydrogen-bond donors (Lipinski definition) is 2. The molecule has 0 saturated heterocycles. The molecule has 1 heterocycles. The number of fused-ring (bicyclic) bond motifs is 1. The minimum atomic E-state index is -0.0608. The van der Waals surface area contributed by atoms with Crippen molar-refractivity contribution in [3.63, 3.8) is 0 Å². The quantitative estimate of drug-likeness (QED) is 0.631. The summed E-state index contributed by atoms with van der Waals surface area (Å²) in [6.07, 6.45) is 1.78. The smallest absolute Gasteiger partial charge is 0.125 e. The lowest BCUT2D eigenvalue weighted by Crippen LogP contribution is -2.26. The van der Waals surface area contributed by atoms with Gasteiger partial charge in [0.15, 0.2) is 0 Å². The van der Waals surface area contributed by atoms with E-state index in [9.17, 15) is 0 Å². The summed E-state index contributed by atoms with van der Waals surface area (Å²) in [5, 5.41) is 8.93. The summed E-state index contributed by atoms with van der Waals surface area (Å²) in [5.41, 5.74) is 7.51. The van der Waals surface area contributed by atoms with Crippen molar-refractivity contribution in [2.24, 2.45) is 0 Å². The van der Waals surface area contributed by atoms with Crippen molar-refractivity contribution in [2.45, 2.75) is 18.9 Å². The summed E-state index contributed by atoms with van der Waals surface area (Å²) in [6.45, 7) is 0.0776. The Bertz CT molecular complexity index is 312. The monoisotopic (exact) mass is 179 g/mol. The summed E-state index contributed by atoms with van der Waals surface area (Å²) in [4.78, 5) is 0. The van der Waals surface area contributed by atoms with Gasteiger partial charge in [0.05, 0.1) is 6.61 Å². The zero-order valence-electron chi connectivity index (χ0n) is 7.36. The second-order valence-electron chi connectivity index (χ2n) is 3.33. The topological polar surface area (TPSA) is 55.5 Å². The number of ether oxygens (including phenoxy) is 1. The Balaban J connectivity index is 2.27. The molecular formula is C10H13NO2. The third-order valence-electron chi connectivity index (χ3n) is 2.32. The van der Waals surface area contributed by atoms with Crippen molar-refractivity contribution in [3.05, 3.63) is 23.8 Å². The van der Waals surface area contributed by atoms with E-state index in [1.165, 1.54) is 5.56 Å². The number of aliphatic hydroxyl groups is 1. The highest BCUT2D eigenvalue weighted by Gasteiger charge is 2.18. The lowest BCUT2D eigenvalue weighted by Gasteiger charge is -2.24. The normalized spacial score (nSPS) is 20.5. The van der Waals surface area contributed by atoms with E-state index < -0.39 is 0 Å². The van der Waals surface area contributed by atoms with Crippen molar-refractivity contribution in [1.82, 2.24) is 0 Å². The number of aliphatic hydroxyl groups excluding tert-OH is 1. The third-order valence-corrected chi connectivity index (χ3v) is 2.32. The molecule has 1 aliphatic rings. The fourth-order valence-corrected chi connectivity index (χ4v) is 1.57. The van der Waals surface area contributed by atoms with E-state index in [4.69, 9.17) is 15.6 Å². The maximum absolute atomic E-state index is 8.93. The molecule has 3 N–H and O–H groups in total. The van der Waals surface area contributed by atoms with Gasteiger partial charge in [-0.25, -0.2) is 0 Å². The molecule has 1 atom stereocenters. The van der Waals surface area contributed by atoms with Gasteiger partial charge in [-0.15, -0.1) is 0 Å². The van der Waals surface area contributed by atoms with Crippen LogP contribution in [-0.2, 0) is 6.42 Å². The molecule has 1 aliphatic heterocycles. The second kappa shape index (κ2) is 3.26. The zero-order valence-corrected chi connectivity index (χ0v) is 7.36. The summed E-state index contributed by atoms with van der Waals surface area (Å²) in [6, 6.07) is 5.68. The van der Waals surface area contributed by atoms with E-state index in [-0.39, 0.29) is 12.7 Å². The van der Waals surface area contributed by atoms with Crippen molar-refractivity contribution < 1.29 is 9.84 Å². The molecular weight excluding hydrogens is 166 g/mol. The minimum absolute atomic E-state index is 0.0608. The van der Waals surface area contributed by atoms with Gasteiger partial charge in [0.1, 0.15) is 11.9 Å². The first-order valence-electron chi connectivity index (χ1n) is 4.45. The Hall–Kier alpha value is -1.22. The average molecular weight is 179 g/mol. The Morgan fingerprint density at radius 1 is 1.54 bits per heavy atom. The van der Waals surface area contributed by atoms with Crippen LogP contribution in [0.5, 0.6) is 5.75 Å². The van der Waals surface area contributed by atoms with Gasteiger partial charge in [-0.1, -0.05) is 6.07 Å². The van der Waals surface area contributed by atoms with E-state index in [0.717, 1.165) is 18.6 Å². The molecule has 0 fully saturated rings. The first-order valence-corrected chi connectivity index (χ1v) is 4.45. The van der Waals surface area contributed by atoms with Gasteiger partial charge >= 0.3 is 0 Å². The van der Waals surface area contributed by atoms with Gasteiger partial charge in [0.2, 0.25) is 0 Å². The Morgan fingerprint density at radius 3 is 3.15 bits per heavy atom. The largest absolute Gasteiger partial charge is 0.488 e. The first-order chi connectivity index (χ1) is 6.29. The van der Waals surface area contributed by atoms with Gasteiger partial charge in [0, 0.05) is 11.8 Å². The third kappa shape index (κ3) is 1.60. The van der Waals surface area contributed by atoms with Crippen LogP contribution in [0.15, 0.2) is 18.2 Å². The molecule has 3 nitrogen and oxygen atoms in total. The highest BCUT2D eigenvalue weighted by atomic mass is 16.5. The van der Waals surface area contributed by atoms with Gasteiger partial charge in [0.25, 0.3) is 0 Å². The molecule has 0 aromatic heterocycles. The molecule has 0 saturated carbocycles. The van der Waals surface area contributed by atoms with Crippen LogP contribution in [0, 0.1) is 0 Å². The van der Waals surface area contributed by atoms with Crippen molar-refractivity contribution >= 4 is 5.69 Å². The van der Waals surface area contributed by atoms with Gasteiger partial charge in [-0.3, -0.25) is 0 Å². The van der Waals surface area contributed by atoms with Crippen molar-refractivity contribution in [2.75, 3.05) is 12.3 Å². The van der Waals surface area contributed by atoms with Crippen LogP contribution in [0.3, 0.4) is 0 Å². The van der Waals surface area contributed by atoms with E-state index in [2.05, 4.69) is 0 Å². The molecule has 2 rings (SSSR count). The van der Waals surface area contributed by atoms with Crippen LogP contribution in [-0.4, -0.2) is 17.8 Å². The fraction of sp³-hybridized carbons (Fsp3) is 0.400. The van der Waals surface area contributed by atoms with Gasteiger partial charge in [-0.2, -0.15) is 0 Å². The van der Waals surface area contributed by atoms with E-state index in [1.54, 1.807) is 0 Å². The predicted molar refractivity (Wildman–Crippen MR) is 50.7 cm³/mol. The van der Waals surface area contributed by atoms with Crippen LogP contribution in [0.4, 0.5) is 5.69 Å². The Labute approximate surface area is 77.1 Å². The molecule has 1 aromatic carbocycles. The number of benzene rings is 1. The molecule has 1 aromatic rings. The van der Waals surface area contributed by atoms with Crippen molar-refractivity contribution in [1.29, 1.82) is 0 Å². The summed E-state index contributed by atoms with van der Waals surface area (Å²) >= 11 is 0. The lowest BCUT2D eigenvalue weighted by atomic mass is 10.0. The standard InChI is InChI=1S/C10H13NO2/c11-8-3-1-7-2-4-9(6-12)13-10(7)5-8/h1,3,5,9,12H,2,4,6,11H2/t9-/m1/s1. The van der Waals surface area contributed by atoms with E-state index in [1.807, 2.05) is 18.2 Å². The zero-order chi connectivity index (χ0) is 9.26. The number of nitrogens with two attached hydrogens (primary N) is 1. The van der Waals surface area contributed by atoms with Gasteiger partial charge < -0.3 is 15.6 Å². The summed E-state index contributed by atoms with van der Waals surface area (Å²) < 4.78 is 5.53. The number of hydrogen-bond acceptors (Lipinski definition) is 3. The van der Waals surface area contributed by atoms with Crippen LogP contribution in [0.1, 0.15) is 12.0 Å². The SMILES string of the molecule is Nc1ccc2c(c1)O[C@@H](CO)CC2. The van der Waals surface area contributed by atoms with E-state index in [0.29, 0.717) is 5.69 Å². The first kappa shape index (κ1) is 8.38. The highest BCUT2D eigenvalue weighted by molar-refractivity contribution is 5.49. The second-order valence-corrected chi connectivity index (χ2v) is 3.33. The number of anilines is 1. The molecule has 0 unspecified atom stereocenters. The Kier molecular flexibility index (Phi) is 2.10. The maximum Gasteiger partial charge on any atom is 0.125 e. The molecule has 13 heavy (non-hydrogen) atoms. The molecule has 0 spiro atoms.